The molecule has 1 heterocycles. The maximum absolute atomic E-state index is 12.9. The van der Waals surface area contributed by atoms with Gasteiger partial charge in [0, 0.05) is 5.56 Å². The molecule has 0 spiro atoms. The van der Waals surface area contributed by atoms with E-state index in [1.807, 2.05) is 66.7 Å². The van der Waals surface area contributed by atoms with E-state index >= 15 is 0 Å². The Morgan fingerprint density at radius 2 is 1.52 bits per heavy atom. The van der Waals surface area contributed by atoms with Crippen molar-refractivity contribution >= 4 is 45.0 Å². The van der Waals surface area contributed by atoms with Gasteiger partial charge in [-0.05, 0) is 41.1 Å². The van der Waals surface area contributed by atoms with E-state index in [0.717, 1.165) is 16.5 Å². The fourth-order valence-corrected chi connectivity index (χ4v) is 3.53. The number of amides is 1. The van der Waals surface area contributed by atoms with Gasteiger partial charge in [-0.1, -0.05) is 66.2 Å². The van der Waals surface area contributed by atoms with Gasteiger partial charge in [0.1, 0.15) is 11.0 Å². The van der Waals surface area contributed by atoms with Crippen LogP contribution in [0, 0.1) is 0 Å². The molecular formula is C23H15ClN4O. The zero-order chi connectivity index (χ0) is 19.8. The minimum atomic E-state index is -0.224. The average Bonchev–Trinajstić information content (AvgIpc) is 3.17. The molecule has 5 nitrogen and oxygen atoms in total. The molecule has 0 bridgehead atoms. The highest BCUT2D eigenvalue weighted by atomic mass is 35.5. The fraction of sp³-hybridized carbons (Fsp3) is 0. The number of carbonyl (C=O) groups excluding carboxylic acids is 1. The van der Waals surface area contributed by atoms with Crippen LogP contribution in [0.25, 0.3) is 27.5 Å². The Labute approximate surface area is 171 Å². The minimum Gasteiger partial charge on any atom is -0.321 e. The van der Waals surface area contributed by atoms with E-state index in [-0.39, 0.29) is 5.91 Å². The lowest BCUT2D eigenvalue weighted by Gasteiger charge is -2.09. The van der Waals surface area contributed by atoms with Gasteiger partial charge < -0.3 is 5.32 Å². The highest BCUT2D eigenvalue weighted by Crippen LogP contribution is 2.28. The molecule has 0 fully saturated rings. The molecule has 1 N–H and O–H groups in total. The van der Waals surface area contributed by atoms with Crippen molar-refractivity contribution in [1.29, 1.82) is 0 Å². The summed E-state index contributed by atoms with van der Waals surface area (Å²) in [5.41, 5.74) is 3.24. The average molecular weight is 399 g/mol. The topological polar surface area (TPSA) is 59.8 Å². The van der Waals surface area contributed by atoms with Crippen LogP contribution >= 0.6 is 11.6 Å². The number of anilines is 1. The second-order valence-electron chi connectivity index (χ2n) is 6.63. The molecule has 4 aromatic carbocycles. The lowest BCUT2D eigenvalue weighted by molar-refractivity contribution is 0.102. The van der Waals surface area contributed by atoms with Gasteiger partial charge in [-0.15, -0.1) is 10.2 Å². The molecule has 0 saturated heterocycles. The molecule has 0 atom stereocenters. The summed E-state index contributed by atoms with van der Waals surface area (Å²) < 4.78 is 0. The lowest BCUT2D eigenvalue weighted by atomic mass is 10.0. The number of hydrogen-bond acceptors (Lipinski definition) is 3. The fourth-order valence-electron chi connectivity index (χ4n) is 3.32. The van der Waals surface area contributed by atoms with Gasteiger partial charge in [-0.2, -0.15) is 4.80 Å². The molecule has 0 aliphatic rings. The third-order valence-corrected chi connectivity index (χ3v) is 5.05. The molecule has 0 aliphatic carbocycles. The lowest BCUT2D eigenvalue weighted by Crippen LogP contribution is -2.12. The molecule has 29 heavy (non-hydrogen) atoms. The first-order chi connectivity index (χ1) is 14.2. The smallest absolute Gasteiger partial charge is 0.256 e. The Morgan fingerprint density at radius 1 is 0.828 bits per heavy atom. The minimum absolute atomic E-state index is 0.224. The maximum atomic E-state index is 12.9. The first-order valence-corrected chi connectivity index (χ1v) is 9.48. The normalized spacial score (nSPS) is 11.1. The summed E-state index contributed by atoms with van der Waals surface area (Å²) in [7, 11) is 0. The van der Waals surface area contributed by atoms with Crippen LogP contribution in [0.5, 0.6) is 0 Å². The summed E-state index contributed by atoms with van der Waals surface area (Å²) in [5, 5.41) is 14.2. The monoisotopic (exact) mass is 398 g/mol. The van der Waals surface area contributed by atoms with E-state index in [0.29, 0.717) is 27.3 Å². The maximum Gasteiger partial charge on any atom is 0.256 e. The summed E-state index contributed by atoms with van der Waals surface area (Å²) in [6.07, 6.45) is 0. The van der Waals surface area contributed by atoms with Crippen molar-refractivity contribution in [1.82, 2.24) is 15.0 Å². The molecule has 140 valence electrons. The van der Waals surface area contributed by atoms with Crippen molar-refractivity contribution in [2.24, 2.45) is 0 Å². The Kier molecular flexibility index (Phi) is 4.22. The number of benzene rings is 4. The molecular weight excluding hydrogens is 384 g/mol. The molecule has 1 amide bonds. The summed E-state index contributed by atoms with van der Waals surface area (Å²) in [6.45, 7) is 0. The Morgan fingerprint density at radius 3 is 2.34 bits per heavy atom. The van der Waals surface area contributed by atoms with Gasteiger partial charge in [-0.3, -0.25) is 4.79 Å². The number of nitrogens with one attached hydrogen (secondary N) is 1. The predicted octanol–water partition coefficient (Wildman–Crippen LogP) is 5.48. The van der Waals surface area contributed by atoms with Crippen LogP contribution in [0.1, 0.15) is 10.4 Å². The third kappa shape index (κ3) is 3.22. The van der Waals surface area contributed by atoms with E-state index < -0.39 is 0 Å². The number of rotatable bonds is 3. The number of fused-ring (bicyclic) bond motifs is 2. The predicted molar refractivity (Wildman–Crippen MR) is 116 cm³/mol. The van der Waals surface area contributed by atoms with Crippen LogP contribution in [-0.4, -0.2) is 20.9 Å². The molecule has 0 aliphatic heterocycles. The quantitative estimate of drug-likeness (QED) is 0.437. The van der Waals surface area contributed by atoms with Gasteiger partial charge in [0.2, 0.25) is 0 Å². The van der Waals surface area contributed by atoms with E-state index in [9.17, 15) is 4.79 Å². The Balaban J connectivity index is 1.51. The van der Waals surface area contributed by atoms with Crippen LogP contribution in [0.3, 0.4) is 0 Å². The van der Waals surface area contributed by atoms with Crippen LogP contribution in [0.2, 0.25) is 5.02 Å². The molecule has 0 unspecified atom stereocenters. The van der Waals surface area contributed by atoms with Gasteiger partial charge in [0.05, 0.1) is 16.4 Å². The highest BCUT2D eigenvalue weighted by molar-refractivity contribution is 6.34. The number of carbonyl (C=O) groups is 1. The molecule has 1 aromatic heterocycles. The Hall–Kier alpha value is -3.70. The molecule has 0 radical (unpaired) electrons. The van der Waals surface area contributed by atoms with Crippen LogP contribution in [-0.2, 0) is 0 Å². The third-order valence-electron chi connectivity index (χ3n) is 4.74. The van der Waals surface area contributed by atoms with E-state index in [2.05, 4.69) is 15.5 Å². The van der Waals surface area contributed by atoms with Crippen molar-refractivity contribution in [3.8, 4) is 5.69 Å². The van der Waals surface area contributed by atoms with Crippen LogP contribution < -0.4 is 5.32 Å². The van der Waals surface area contributed by atoms with Crippen molar-refractivity contribution in [2.45, 2.75) is 0 Å². The summed E-state index contributed by atoms with van der Waals surface area (Å²) in [5.74, 6) is -0.224. The largest absolute Gasteiger partial charge is 0.321 e. The zero-order valence-corrected chi connectivity index (χ0v) is 16.0. The summed E-state index contributed by atoms with van der Waals surface area (Å²) in [6, 6.07) is 26.5. The number of halogens is 1. The number of aromatic nitrogens is 3. The highest BCUT2D eigenvalue weighted by Gasteiger charge is 2.14. The SMILES string of the molecule is O=C(Nc1cc2nn(-c3ccccc3)nc2cc1Cl)c1cccc2ccccc12. The van der Waals surface area contributed by atoms with E-state index in [1.165, 1.54) is 0 Å². The molecule has 0 saturated carbocycles. The van der Waals surface area contributed by atoms with Crippen molar-refractivity contribution in [3.63, 3.8) is 0 Å². The second kappa shape index (κ2) is 7.04. The van der Waals surface area contributed by atoms with Crippen LogP contribution in [0.15, 0.2) is 84.9 Å². The van der Waals surface area contributed by atoms with Gasteiger partial charge >= 0.3 is 0 Å². The van der Waals surface area contributed by atoms with E-state index in [1.54, 1.807) is 23.0 Å². The van der Waals surface area contributed by atoms with Crippen molar-refractivity contribution in [3.05, 3.63) is 95.5 Å². The van der Waals surface area contributed by atoms with Crippen molar-refractivity contribution in [2.75, 3.05) is 5.32 Å². The Bertz CT molecular complexity index is 1360. The molecule has 5 aromatic rings. The zero-order valence-electron chi connectivity index (χ0n) is 15.2. The standard InChI is InChI=1S/C23H15ClN4O/c24-19-13-21-22(27-28(26-21)16-9-2-1-3-10-16)14-20(19)25-23(29)18-12-6-8-15-7-4-5-11-17(15)18/h1-14H,(H,25,29). The van der Waals surface area contributed by atoms with E-state index in [4.69, 9.17) is 11.6 Å². The number of para-hydroxylation sites is 1. The summed E-state index contributed by atoms with van der Waals surface area (Å²) in [4.78, 5) is 14.5. The van der Waals surface area contributed by atoms with Gasteiger partial charge in [-0.25, -0.2) is 0 Å². The summed E-state index contributed by atoms with van der Waals surface area (Å²) >= 11 is 6.42. The first-order valence-electron chi connectivity index (χ1n) is 9.10. The second-order valence-corrected chi connectivity index (χ2v) is 7.03. The van der Waals surface area contributed by atoms with Crippen molar-refractivity contribution < 1.29 is 4.79 Å². The van der Waals surface area contributed by atoms with Crippen LogP contribution in [0.4, 0.5) is 5.69 Å². The molecule has 5 rings (SSSR count). The van der Waals surface area contributed by atoms with Gasteiger partial charge in [0.15, 0.2) is 0 Å². The molecule has 6 heteroatoms. The number of hydrogen-bond donors (Lipinski definition) is 1. The number of nitrogens with zero attached hydrogens (tertiary/aromatic N) is 3. The van der Waals surface area contributed by atoms with Gasteiger partial charge in [0.25, 0.3) is 5.91 Å². The first kappa shape index (κ1) is 17.4.